The van der Waals surface area contributed by atoms with E-state index in [1.54, 1.807) is 11.3 Å². The highest BCUT2D eigenvalue weighted by Crippen LogP contribution is 2.40. The van der Waals surface area contributed by atoms with E-state index >= 15 is 0 Å². The van der Waals surface area contributed by atoms with Crippen molar-refractivity contribution in [2.75, 3.05) is 11.1 Å². The van der Waals surface area contributed by atoms with Crippen molar-refractivity contribution < 1.29 is 9.53 Å². The average Bonchev–Trinajstić information content (AvgIpc) is 3.38. The van der Waals surface area contributed by atoms with Crippen LogP contribution in [0.25, 0.3) is 0 Å². The maximum atomic E-state index is 12.7. The molecular formula is C26H31N5O2S2. The van der Waals surface area contributed by atoms with E-state index in [0.29, 0.717) is 27.5 Å². The first-order chi connectivity index (χ1) is 16.8. The molecule has 0 saturated carbocycles. The van der Waals surface area contributed by atoms with Crippen LogP contribution in [0.1, 0.15) is 65.7 Å². The molecule has 3 aromatic rings. The van der Waals surface area contributed by atoms with Gasteiger partial charge >= 0.3 is 0 Å². The molecule has 1 aliphatic rings. The highest BCUT2D eigenvalue weighted by atomic mass is 32.2. The van der Waals surface area contributed by atoms with Crippen LogP contribution in [-0.4, -0.2) is 26.4 Å². The molecule has 0 bridgehead atoms. The Kier molecular flexibility index (Phi) is 7.82. The summed E-state index contributed by atoms with van der Waals surface area (Å²) in [4.78, 5) is 14.0. The number of ether oxygens (including phenoxy) is 1. The Labute approximate surface area is 214 Å². The van der Waals surface area contributed by atoms with Crippen LogP contribution in [0, 0.1) is 31.1 Å². The van der Waals surface area contributed by atoms with Crippen LogP contribution in [-0.2, 0) is 24.7 Å². The highest BCUT2D eigenvalue weighted by Gasteiger charge is 2.26. The smallest absolute Gasteiger partial charge is 0.235 e. The first-order valence-electron chi connectivity index (χ1n) is 11.9. The van der Waals surface area contributed by atoms with Gasteiger partial charge in [0.05, 0.1) is 11.3 Å². The molecule has 0 saturated heterocycles. The Morgan fingerprint density at radius 3 is 2.89 bits per heavy atom. The number of anilines is 1. The van der Waals surface area contributed by atoms with E-state index < -0.39 is 0 Å². The monoisotopic (exact) mass is 509 g/mol. The number of amides is 1. The molecule has 1 N–H and O–H groups in total. The summed E-state index contributed by atoms with van der Waals surface area (Å²) in [5.74, 6) is 2.17. The molecule has 4 rings (SSSR count). The lowest BCUT2D eigenvalue weighted by Crippen LogP contribution is -2.15. The van der Waals surface area contributed by atoms with E-state index in [0.717, 1.165) is 37.0 Å². The number of benzene rings is 1. The zero-order chi connectivity index (χ0) is 25.1. The summed E-state index contributed by atoms with van der Waals surface area (Å²) >= 11 is 2.88. The van der Waals surface area contributed by atoms with E-state index in [9.17, 15) is 10.1 Å². The number of nitrogens with zero attached hydrogens (tertiary/aromatic N) is 4. The number of hydrogen-bond donors (Lipinski definition) is 1. The van der Waals surface area contributed by atoms with Gasteiger partial charge in [0.15, 0.2) is 17.1 Å². The Bertz CT molecular complexity index is 1270. The number of nitriles is 1. The van der Waals surface area contributed by atoms with Crippen molar-refractivity contribution in [2.45, 2.75) is 64.6 Å². The van der Waals surface area contributed by atoms with Gasteiger partial charge in [-0.1, -0.05) is 31.2 Å². The number of nitrogens with one attached hydrogen (secondary N) is 1. The molecule has 35 heavy (non-hydrogen) atoms. The lowest BCUT2D eigenvalue weighted by molar-refractivity contribution is -0.113. The van der Waals surface area contributed by atoms with Crippen LogP contribution in [0.4, 0.5) is 5.00 Å². The number of aryl methyl sites for hydroxylation is 2. The predicted molar refractivity (Wildman–Crippen MR) is 140 cm³/mol. The molecule has 2 heterocycles. The summed E-state index contributed by atoms with van der Waals surface area (Å²) < 4.78 is 7.94. The maximum absolute atomic E-state index is 12.7. The molecule has 0 radical (unpaired) electrons. The Morgan fingerprint density at radius 1 is 1.37 bits per heavy atom. The summed E-state index contributed by atoms with van der Waals surface area (Å²) in [6.45, 7) is 8.27. The van der Waals surface area contributed by atoms with Crippen LogP contribution in [0.15, 0.2) is 23.4 Å². The number of thiophene rings is 1. The Hall–Kier alpha value is -2.83. The Balaban J connectivity index is 1.37. The van der Waals surface area contributed by atoms with Gasteiger partial charge in [-0.2, -0.15) is 5.26 Å². The fourth-order valence-electron chi connectivity index (χ4n) is 4.35. The van der Waals surface area contributed by atoms with Gasteiger partial charge in [-0.3, -0.25) is 4.79 Å². The van der Waals surface area contributed by atoms with Gasteiger partial charge in [0.2, 0.25) is 5.91 Å². The third-order valence-electron chi connectivity index (χ3n) is 6.67. The van der Waals surface area contributed by atoms with Gasteiger partial charge in [-0.25, -0.2) is 0 Å². The van der Waals surface area contributed by atoms with Crippen molar-refractivity contribution in [1.82, 2.24) is 14.8 Å². The zero-order valence-electron chi connectivity index (χ0n) is 20.8. The number of aromatic nitrogens is 3. The van der Waals surface area contributed by atoms with E-state index in [1.807, 2.05) is 36.7 Å². The second kappa shape index (κ2) is 10.8. The molecule has 7 nitrogen and oxygen atoms in total. The molecule has 1 amide bonds. The minimum absolute atomic E-state index is 0.152. The number of fused-ring (bicyclic) bond motifs is 1. The van der Waals surface area contributed by atoms with Gasteiger partial charge in [-0.15, -0.1) is 21.5 Å². The fraction of sp³-hybridized carbons (Fsp3) is 0.462. The molecule has 184 valence electrons. The quantitative estimate of drug-likeness (QED) is 0.389. The molecule has 9 heteroatoms. The Morgan fingerprint density at radius 2 is 2.17 bits per heavy atom. The second-order valence-electron chi connectivity index (χ2n) is 9.08. The van der Waals surface area contributed by atoms with Crippen LogP contribution in [0.2, 0.25) is 0 Å². The van der Waals surface area contributed by atoms with Crippen LogP contribution >= 0.6 is 23.1 Å². The number of rotatable bonds is 8. The molecule has 1 aromatic carbocycles. The van der Waals surface area contributed by atoms with Crippen LogP contribution < -0.4 is 10.1 Å². The molecule has 2 unspecified atom stereocenters. The van der Waals surface area contributed by atoms with Crippen molar-refractivity contribution in [1.29, 1.82) is 5.26 Å². The van der Waals surface area contributed by atoms with Gasteiger partial charge < -0.3 is 14.6 Å². The lowest BCUT2D eigenvalue weighted by atomic mass is 9.86. The lowest BCUT2D eigenvalue weighted by Gasteiger charge is -2.20. The normalized spacial score (nSPS) is 15.8. The first-order valence-corrected chi connectivity index (χ1v) is 13.7. The summed E-state index contributed by atoms with van der Waals surface area (Å²) in [6, 6.07) is 8.33. The van der Waals surface area contributed by atoms with Crippen molar-refractivity contribution in [2.24, 2.45) is 13.0 Å². The summed E-state index contributed by atoms with van der Waals surface area (Å²) in [7, 11) is 1.88. The average molecular weight is 510 g/mol. The number of thioether (sulfide) groups is 1. The first kappa shape index (κ1) is 25.3. The van der Waals surface area contributed by atoms with Gasteiger partial charge in [0, 0.05) is 11.9 Å². The second-order valence-corrected chi connectivity index (χ2v) is 11.1. The number of carbonyl (C=O) groups is 1. The van der Waals surface area contributed by atoms with Crippen LogP contribution in [0.5, 0.6) is 5.75 Å². The van der Waals surface area contributed by atoms with Crippen molar-refractivity contribution in [3.8, 4) is 11.8 Å². The minimum atomic E-state index is -0.291. The van der Waals surface area contributed by atoms with E-state index in [4.69, 9.17) is 4.74 Å². The maximum Gasteiger partial charge on any atom is 0.235 e. The molecule has 2 aromatic heterocycles. The molecule has 0 aliphatic heterocycles. The topological polar surface area (TPSA) is 92.8 Å². The van der Waals surface area contributed by atoms with Gasteiger partial charge in [-0.05, 0) is 74.8 Å². The van der Waals surface area contributed by atoms with Gasteiger partial charge in [0.1, 0.15) is 16.8 Å². The van der Waals surface area contributed by atoms with E-state index in [1.165, 1.54) is 27.8 Å². The SMILES string of the molecule is CCC1CCc2c(sc(NC(=O)CSc3nnc(C(C)Oc4ccc(C)c(C)c4)n3C)c2C#N)C1. The van der Waals surface area contributed by atoms with E-state index in [-0.39, 0.29) is 17.8 Å². The van der Waals surface area contributed by atoms with Crippen molar-refractivity contribution in [3.63, 3.8) is 0 Å². The molecule has 1 aliphatic carbocycles. The number of hydrogen-bond acceptors (Lipinski definition) is 7. The predicted octanol–water partition coefficient (Wildman–Crippen LogP) is 5.75. The third kappa shape index (κ3) is 5.54. The molecular weight excluding hydrogens is 478 g/mol. The van der Waals surface area contributed by atoms with Gasteiger partial charge in [0.25, 0.3) is 0 Å². The largest absolute Gasteiger partial charge is 0.483 e. The molecule has 2 atom stereocenters. The fourth-order valence-corrected chi connectivity index (χ4v) is 6.40. The van der Waals surface area contributed by atoms with Crippen molar-refractivity contribution >= 4 is 34.0 Å². The number of carbonyl (C=O) groups excluding carboxylic acids is 1. The third-order valence-corrected chi connectivity index (χ3v) is 8.86. The van der Waals surface area contributed by atoms with E-state index in [2.05, 4.69) is 42.4 Å². The zero-order valence-corrected chi connectivity index (χ0v) is 22.5. The van der Waals surface area contributed by atoms with Crippen LogP contribution in [0.3, 0.4) is 0 Å². The highest BCUT2D eigenvalue weighted by molar-refractivity contribution is 7.99. The molecule has 0 spiro atoms. The summed E-state index contributed by atoms with van der Waals surface area (Å²) in [6.07, 6.45) is 3.88. The summed E-state index contributed by atoms with van der Waals surface area (Å²) in [5, 5.41) is 22.5. The standard InChI is InChI=1S/C26H31N5O2S2/c1-6-18-8-10-20-21(13-27)25(35-22(20)12-18)28-23(32)14-34-26-30-29-24(31(26)5)17(4)33-19-9-7-15(2)16(3)11-19/h7,9,11,17-18H,6,8,10,12,14H2,1-5H3,(H,28,32). The van der Waals surface area contributed by atoms with Crippen molar-refractivity contribution in [3.05, 3.63) is 51.2 Å². The minimum Gasteiger partial charge on any atom is -0.483 e. The summed E-state index contributed by atoms with van der Waals surface area (Å²) in [5.41, 5.74) is 4.15. The molecule has 0 fully saturated rings.